The second kappa shape index (κ2) is 5.85. The molecule has 7 heteroatoms. The summed E-state index contributed by atoms with van der Waals surface area (Å²) >= 11 is 0. The van der Waals surface area contributed by atoms with Crippen LogP contribution in [0.5, 0.6) is 5.75 Å². The van der Waals surface area contributed by atoms with Gasteiger partial charge in [-0.3, -0.25) is 4.79 Å². The Balaban J connectivity index is 1.82. The van der Waals surface area contributed by atoms with Gasteiger partial charge in [-0.2, -0.15) is 0 Å². The van der Waals surface area contributed by atoms with E-state index < -0.39 is 0 Å². The molecule has 0 aliphatic heterocycles. The number of methoxy groups -OCH3 is 1. The topological polar surface area (TPSA) is 95.1 Å². The third kappa shape index (κ3) is 3.70. The predicted octanol–water partition coefficient (Wildman–Crippen LogP) is 0.185. The van der Waals surface area contributed by atoms with Crippen LogP contribution in [0.15, 0.2) is 30.6 Å². The summed E-state index contributed by atoms with van der Waals surface area (Å²) in [5.74, 6) is 0.789. The van der Waals surface area contributed by atoms with E-state index in [1.165, 1.54) is 11.0 Å². The van der Waals surface area contributed by atoms with Crippen molar-refractivity contribution in [1.29, 1.82) is 0 Å². The molecule has 0 radical (unpaired) electrons. The third-order valence-electron chi connectivity index (χ3n) is 2.51. The summed E-state index contributed by atoms with van der Waals surface area (Å²) in [6, 6.07) is 7.48. The first-order chi connectivity index (χ1) is 9.17. The van der Waals surface area contributed by atoms with Crippen molar-refractivity contribution in [1.82, 2.24) is 20.1 Å². The molecule has 3 N–H and O–H groups in total. The summed E-state index contributed by atoms with van der Waals surface area (Å²) in [5.41, 5.74) is 6.35. The number of nitrogens with two attached hydrogens (primary N) is 1. The number of nitrogens with zero attached hydrogens (tertiary/aromatic N) is 3. The molecule has 0 aliphatic carbocycles. The van der Waals surface area contributed by atoms with Crippen LogP contribution in [0.25, 0.3) is 0 Å². The molecule has 100 valence electrons. The Morgan fingerprint density at radius 1 is 1.42 bits per heavy atom. The molecular formula is C12H15N5O2. The van der Waals surface area contributed by atoms with Crippen molar-refractivity contribution in [2.45, 2.75) is 13.1 Å². The van der Waals surface area contributed by atoms with E-state index in [0.29, 0.717) is 6.54 Å². The Morgan fingerprint density at radius 3 is 2.74 bits per heavy atom. The van der Waals surface area contributed by atoms with Crippen LogP contribution in [-0.2, 0) is 17.9 Å². The van der Waals surface area contributed by atoms with Gasteiger partial charge in [0.2, 0.25) is 11.9 Å². The van der Waals surface area contributed by atoms with Crippen LogP contribution in [0.3, 0.4) is 0 Å². The van der Waals surface area contributed by atoms with E-state index in [1.54, 1.807) is 7.11 Å². The van der Waals surface area contributed by atoms with Gasteiger partial charge in [0, 0.05) is 6.54 Å². The first-order valence-corrected chi connectivity index (χ1v) is 5.72. The minimum Gasteiger partial charge on any atom is -0.497 e. The number of ether oxygens (including phenoxy) is 1. The maximum Gasteiger partial charge on any atom is 0.242 e. The summed E-state index contributed by atoms with van der Waals surface area (Å²) in [6.07, 6.45) is 1.42. The molecule has 0 spiro atoms. The average molecular weight is 261 g/mol. The lowest BCUT2D eigenvalue weighted by Gasteiger charge is -2.06. The minimum absolute atomic E-state index is 0.0976. The highest BCUT2D eigenvalue weighted by Crippen LogP contribution is 2.10. The Morgan fingerprint density at radius 2 is 2.16 bits per heavy atom. The number of hydrogen-bond acceptors (Lipinski definition) is 5. The van der Waals surface area contributed by atoms with Crippen LogP contribution in [0.1, 0.15) is 5.56 Å². The van der Waals surface area contributed by atoms with E-state index in [2.05, 4.69) is 15.4 Å². The lowest BCUT2D eigenvalue weighted by molar-refractivity contribution is -0.122. The zero-order valence-electron chi connectivity index (χ0n) is 10.5. The average Bonchev–Trinajstić information content (AvgIpc) is 2.82. The largest absolute Gasteiger partial charge is 0.497 e. The van der Waals surface area contributed by atoms with Gasteiger partial charge in [-0.1, -0.05) is 12.1 Å². The second-order valence-corrected chi connectivity index (χ2v) is 3.93. The van der Waals surface area contributed by atoms with Gasteiger partial charge >= 0.3 is 0 Å². The Hall–Kier alpha value is -2.57. The summed E-state index contributed by atoms with van der Waals surface area (Å²) in [4.78, 5) is 15.4. The molecule has 2 rings (SSSR count). The Labute approximate surface area is 110 Å². The van der Waals surface area contributed by atoms with Gasteiger partial charge in [-0.05, 0) is 17.7 Å². The molecular weight excluding hydrogens is 246 g/mol. The number of nitrogen functional groups attached to an aromatic ring is 1. The maximum atomic E-state index is 11.7. The number of aromatic nitrogens is 3. The number of hydrogen-bond donors (Lipinski definition) is 2. The summed E-state index contributed by atoms with van der Waals surface area (Å²) < 4.78 is 6.45. The molecule has 1 amide bonds. The van der Waals surface area contributed by atoms with Gasteiger partial charge < -0.3 is 15.8 Å². The highest BCUT2D eigenvalue weighted by atomic mass is 16.5. The summed E-state index contributed by atoms with van der Waals surface area (Å²) in [5, 5.41) is 6.62. The molecule has 0 atom stereocenters. The molecule has 0 unspecified atom stereocenters. The second-order valence-electron chi connectivity index (χ2n) is 3.93. The van der Waals surface area contributed by atoms with E-state index >= 15 is 0 Å². The van der Waals surface area contributed by atoms with E-state index in [9.17, 15) is 4.79 Å². The monoisotopic (exact) mass is 261 g/mol. The van der Waals surface area contributed by atoms with Crippen LogP contribution < -0.4 is 15.8 Å². The molecule has 0 bridgehead atoms. The number of nitrogens with one attached hydrogen (secondary N) is 1. The molecule has 0 saturated carbocycles. The van der Waals surface area contributed by atoms with E-state index in [4.69, 9.17) is 10.5 Å². The number of carbonyl (C=O) groups is 1. The van der Waals surface area contributed by atoms with Crippen LogP contribution in [0, 0.1) is 0 Å². The van der Waals surface area contributed by atoms with E-state index in [-0.39, 0.29) is 18.4 Å². The number of benzene rings is 1. The SMILES string of the molecule is COc1ccc(CNC(=O)Cn2cnc(N)n2)cc1. The van der Waals surface area contributed by atoms with Crippen LogP contribution in [0.4, 0.5) is 5.95 Å². The van der Waals surface area contributed by atoms with Crippen LogP contribution in [-0.4, -0.2) is 27.8 Å². The van der Waals surface area contributed by atoms with Crippen molar-refractivity contribution in [2.75, 3.05) is 12.8 Å². The zero-order chi connectivity index (χ0) is 13.7. The van der Waals surface area contributed by atoms with Crippen molar-refractivity contribution < 1.29 is 9.53 Å². The van der Waals surface area contributed by atoms with E-state index in [1.807, 2.05) is 24.3 Å². The first kappa shape index (κ1) is 12.9. The smallest absolute Gasteiger partial charge is 0.242 e. The molecule has 1 aromatic carbocycles. The van der Waals surface area contributed by atoms with Gasteiger partial charge in [0.25, 0.3) is 0 Å². The number of amides is 1. The normalized spacial score (nSPS) is 10.2. The van der Waals surface area contributed by atoms with Crippen LogP contribution in [0.2, 0.25) is 0 Å². The number of anilines is 1. The molecule has 0 saturated heterocycles. The summed E-state index contributed by atoms with van der Waals surface area (Å²) in [7, 11) is 1.61. The van der Waals surface area contributed by atoms with Gasteiger partial charge in [-0.15, -0.1) is 5.10 Å². The zero-order valence-corrected chi connectivity index (χ0v) is 10.5. The molecule has 7 nitrogen and oxygen atoms in total. The third-order valence-corrected chi connectivity index (χ3v) is 2.51. The number of carbonyl (C=O) groups excluding carboxylic acids is 1. The Kier molecular flexibility index (Phi) is 3.97. The number of rotatable bonds is 5. The fourth-order valence-corrected chi connectivity index (χ4v) is 1.53. The highest BCUT2D eigenvalue weighted by Gasteiger charge is 2.04. The fourth-order valence-electron chi connectivity index (χ4n) is 1.53. The standard InChI is InChI=1S/C12H15N5O2/c1-19-10-4-2-9(3-5-10)6-14-11(18)7-17-8-15-12(13)16-17/h2-5,8H,6-7H2,1H3,(H2,13,16)(H,14,18). The predicted molar refractivity (Wildman–Crippen MR) is 69.3 cm³/mol. The first-order valence-electron chi connectivity index (χ1n) is 5.72. The summed E-state index contributed by atoms with van der Waals surface area (Å²) in [6.45, 7) is 0.549. The Bertz CT molecular complexity index is 550. The quantitative estimate of drug-likeness (QED) is 0.800. The molecule has 1 heterocycles. The molecule has 19 heavy (non-hydrogen) atoms. The van der Waals surface area contributed by atoms with E-state index in [0.717, 1.165) is 11.3 Å². The van der Waals surface area contributed by atoms with Crippen LogP contribution >= 0.6 is 0 Å². The molecule has 0 fully saturated rings. The van der Waals surface area contributed by atoms with Gasteiger partial charge in [0.05, 0.1) is 7.11 Å². The van der Waals surface area contributed by atoms with Crippen molar-refractivity contribution in [2.24, 2.45) is 0 Å². The van der Waals surface area contributed by atoms with Gasteiger partial charge in [0.15, 0.2) is 0 Å². The van der Waals surface area contributed by atoms with Crippen molar-refractivity contribution >= 4 is 11.9 Å². The van der Waals surface area contributed by atoms with Crippen molar-refractivity contribution in [3.8, 4) is 5.75 Å². The van der Waals surface area contributed by atoms with Gasteiger partial charge in [0.1, 0.15) is 18.6 Å². The minimum atomic E-state index is -0.152. The fraction of sp³-hybridized carbons (Fsp3) is 0.250. The van der Waals surface area contributed by atoms with Crippen molar-refractivity contribution in [3.05, 3.63) is 36.2 Å². The molecule has 1 aromatic heterocycles. The van der Waals surface area contributed by atoms with Crippen molar-refractivity contribution in [3.63, 3.8) is 0 Å². The van der Waals surface area contributed by atoms with Gasteiger partial charge in [-0.25, -0.2) is 9.67 Å². The molecule has 0 aliphatic rings. The lowest BCUT2D eigenvalue weighted by Crippen LogP contribution is -2.27. The lowest BCUT2D eigenvalue weighted by atomic mass is 10.2. The molecule has 2 aromatic rings. The highest BCUT2D eigenvalue weighted by molar-refractivity contribution is 5.75. The maximum absolute atomic E-state index is 11.7.